The summed E-state index contributed by atoms with van der Waals surface area (Å²) in [5.74, 6) is 0.636. The van der Waals surface area contributed by atoms with Crippen LogP contribution in [0, 0.1) is 12.8 Å². The van der Waals surface area contributed by atoms with Crippen molar-refractivity contribution < 1.29 is 4.79 Å². The van der Waals surface area contributed by atoms with E-state index in [2.05, 4.69) is 5.32 Å². The Morgan fingerprint density at radius 1 is 1.50 bits per heavy atom. The molecule has 0 unspecified atom stereocenters. The van der Waals surface area contributed by atoms with E-state index in [1.54, 1.807) is 6.07 Å². The van der Waals surface area contributed by atoms with Crippen LogP contribution in [0.25, 0.3) is 0 Å². The van der Waals surface area contributed by atoms with E-state index in [0.29, 0.717) is 17.2 Å². The Kier molecular flexibility index (Phi) is 3.13. The fourth-order valence-electron chi connectivity index (χ4n) is 2.02. The van der Waals surface area contributed by atoms with Crippen LogP contribution in [0.5, 0.6) is 0 Å². The molecule has 0 atom stereocenters. The molecule has 16 heavy (non-hydrogen) atoms. The molecule has 3 nitrogen and oxygen atoms in total. The molecule has 1 amide bonds. The van der Waals surface area contributed by atoms with E-state index in [1.165, 1.54) is 19.3 Å². The van der Waals surface area contributed by atoms with Gasteiger partial charge in [0.15, 0.2) is 0 Å². The van der Waals surface area contributed by atoms with Gasteiger partial charge in [0.05, 0.1) is 5.56 Å². The van der Waals surface area contributed by atoms with Crippen LogP contribution in [0.2, 0.25) is 0 Å². The SMILES string of the molecule is Cc1cccc(N)c1C(=O)NCC1CCC1. The lowest BCUT2D eigenvalue weighted by molar-refractivity contribution is 0.0939. The predicted molar refractivity (Wildman–Crippen MR) is 65.3 cm³/mol. The molecule has 3 N–H and O–H groups in total. The molecule has 1 aliphatic carbocycles. The summed E-state index contributed by atoms with van der Waals surface area (Å²) in [5.41, 5.74) is 7.94. The van der Waals surface area contributed by atoms with Crippen LogP contribution in [0.3, 0.4) is 0 Å². The van der Waals surface area contributed by atoms with Crippen molar-refractivity contribution in [2.45, 2.75) is 26.2 Å². The first-order chi connectivity index (χ1) is 7.68. The second-order valence-electron chi connectivity index (χ2n) is 4.55. The van der Waals surface area contributed by atoms with Gasteiger partial charge in [-0.05, 0) is 37.3 Å². The van der Waals surface area contributed by atoms with E-state index in [9.17, 15) is 4.79 Å². The first kappa shape index (κ1) is 11.0. The van der Waals surface area contributed by atoms with Gasteiger partial charge in [0, 0.05) is 12.2 Å². The lowest BCUT2D eigenvalue weighted by Crippen LogP contribution is -2.32. The molecule has 86 valence electrons. The number of nitrogens with one attached hydrogen (secondary N) is 1. The van der Waals surface area contributed by atoms with Crippen LogP contribution < -0.4 is 11.1 Å². The topological polar surface area (TPSA) is 55.1 Å². The molecule has 1 aromatic rings. The number of aryl methyl sites for hydroxylation is 1. The quantitative estimate of drug-likeness (QED) is 0.763. The van der Waals surface area contributed by atoms with Crippen LogP contribution in [-0.4, -0.2) is 12.5 Å². The zero-order valence-corrected chi connectivity index (χ0v) is 9.62. The molecule has 1 saturated carbocycles. The highest BCUT2D eigenvalue weighted by atomic mass is 16.1. The molecule has 0 radical (unpaired) electrons. The predicted octanol–water partition coefficient (Wildman–Crippen LogP) is 2.11. The maximum absolute atomic E-state index is 11.9. The summed E-state index contributed by atoms with van der Waals surface area (Å²) in [6, 6.07) is 5.55. The fraction of sp³-hybridized carbons (Fsp3) is 0.462. The fourth-order valence-corrected chi connectivity index (χ4v) is 2.02. The normalized spacial score (nSPS) is 15.6. The first-order valence-corrected chi connectivity index (χ1v) is 5.82. The summed E-state index contributed by atoms with van der Waals surface area (Å²) in [6.45, 7) is 2.70. The smallest absolute Gasteiger partial charge is 0.253 e. The average Bonchev–Trinajstić information content (AvgIpc) is 2.15. The van der Waals surface area contributed by atoms with Gasteiger partial charge in [-0.15, -0.1) is 0 Å². The highest BCUT2D eigenvalue weighted by Gasteiger charge is 2.19. The minimum absolute atomic E-state index is 0.0394. The molecule has 0 spiro atoms. The molecular formula is C13H18N2O. The van der Waals surface area contributed by atoms with Crippen LogP contribution in [-0.2, 0) is 0 Å². The molecule has 0 aromatic heterocycles. The lowest BCUT2D eigenvalue weighted by Gasteiger charge is -2.25. The van der Waals surface area contributed by atoms with Gasteiger partial charge in [-0.1, -0.05) is 18.6 Å². The maximum Gasteiger partial charge on any atom is 0.253 e. The minimum Gasteiger partial charge on any atom is -0.398 e. The van der Waals surface area contributed by atoms with E-state index in [-0.39, 0.29) is 5.91 Å². The largest absolute Gasteiger partial charge is 0.398 e. The molecule has 1 aliphatic rings. The average molecular weight is 218 g/mol. The Labute approximate surface area is 96.0 Å². The van der Waals surface area contributed by atoms with Crippen molar-refractivity contribution in [1.29, 1.82) is 0 Å². The maximum atomic E-state index is 11.9. The summed E-state index contributed by atoms with van der Waals surface area (Å²) in [7, 11) is 0. The third-order valence-corrected chi connectivity index (χ3v) is 3.31. The van der Waals surface area contributed by atoms with Gasteiger partial charge >= 0.3 is 0 Å². The highest BCUT2D eigenvalue weighted by molar-refractivity contribution is 6.00. The summed E-state index contributed by atoms with van der Waals surface area (Å²) < 4.78 is 0. The third-order valence-electron chi connectivity index (χ3n) is 3.31. The Morgan fingerprint density at radius 3 is 2.81 bits per heavy atom. The van der Waals surface area contributed by atoms with Crippen molar-refractivity contribution in [2.24, 2.45) is 5.92 Å². The highest BCUT2D eigenvalue weighted by Crippen LogP contribution is 2.25. The van der Waals surface area contributed by atoms with Gasteiger partial charge in [-0.2, -0.15) is 0 Å². The third kappa shape index (κ3) is 2.18. The molecule has 0 saturated heterocycles. The summed E-state index contributed by atoms with van der Waals surface area (Å²) in [6.07, 6.45) is 3.78. The van der Waals surface area contributed by atoms with Gasteiger partial charge in [0.1, 0.15) is 0 Å². The molecular weight excluding hydrogens is 200 g/mol. The zero-order chi connectivity index (χ0) is 11.5. The number of hydrogen-bond acceptors (Lipinski definition) is 2. The van der Waals surface area contributed by atoms with E-state index in [1.807, 2.05) is 19.1 Å². The molecule has 3 heteroatoms. The monoisotopic (exact) mass is 218 g/mol. The van der Waals surface area contributed by atoms with E-state index >= 15 is 0 Å². The lowest BCUT2D eigenvalue weighted by atomic mass is 9.85. The zero-order valence-electron chi connectivity index (χ0n) is 9.62. The molecule has 0 heterocycles. The summed E-state index contributed by atoms with van der Waals surface area (Å²) in [4.78, 5) is 11.9. The second-order valence-corrected chi connectivity index (χ2v) is 4.55. The van der Waals surface area contributed by atoms with Crippen molar-refractivity contribution in [3.8, 4) is 0 Å². The van der Waals surface area contributed by atoms with Crippen LogP contribution >= 0.6 is 0 Å². The number of amides is 1. The molecule has 2 rings (SSSR count). The van der Waals surface area contributed by atoms with Gasteiger partial charge in [0.25, 0.3) is 5.91 Å². The van der Waals surface area contributed by atoms with E-state index < -0.39 is 0 Å². The Bertz CT molecular complexity index is 377. The number of nitrogen functional groups attached to an aromatic ring is 1. The number of hydrogen-bond donors (Lipinski definition) is 2. The number of anilines is 1. The van der Waals surface area contributed by atoms with Gasteiger partial charge in [0.2, 0.25) is 0 Å². The van der Waals surface area contributed by atoms with Crippen LogP contribution in [0.4, 0.5) is 5.69 Å². The standard InChI is InChI=1S/C13H18N2O/c1-9-4-2-7-11(14)12(9)13(16)15-8-10-5-3-6-10/h2,4,7,10H,3,5-6,8,14H2,1H3,(H,15,16). The van der Waals surface area contributed by atoms with Gasteiger partial charge < -0.3 is 11.1 Å². The first-order valence-electron chi connectivity index (χ1n) is 5.82. The van der Waals surface area contributed by atoms with Crippen molar-refractivity contribution in [2.75, 3.05) is 12.3 Å². The summed E-state index contributed by atoms with van der Waals surface area (Å²) in [5, 5.41) is 2.96. The Balaban J connectivity index is 2.02. The molecule has 1 aromatic carbocycles. The number of nitrogens with two attached hydrogens (primary N) is 1. The van der Waals surface area contributed by atoms with E-state index in [4.69, 9.17) is 5.73 Å². The van der Waals surface area contributed by atoms with Crippen molar-refractivity contribution in [3.05, 3.63) is 29.3 Å². The van der Waals surface area contributed by atoms with Gasteiger partial charge in [-0.25, -0.2) is 0 Å². The molecule has 0 bridgehead atoms. The number of benzene rings is 1. The Morgan fingerprint density at radius 2 is 2.25 bits per heavy atom. The van der Waals surface area contributed by atoms with E-state index in [0.717, 1.165) is 12.1 Å². The molecule has 0 aliphatic heterocycles. The van der Waals surface area contributed by atoms with Crippen molar-refractivity contribution >= 4 is 11.6 Å². The Hall–Kier alpha value is -1.51. The van der Waals surface area contributed by atoms with Crippen molar-refractivity contribution in [3.63, 3.8) is 0 Å². The number of rotatable bonds is 3. The van der Waals surface area contributed by atoms with Gasteiger partial charge in [-0.3, -0.25) is 4.79 Å². The van der Waals surface area contributed by atoms with Crippen LogP contribution in [0.1, 0.15) is 35.2 Å². The molecule has 1 fully saturated rings. The van der Waals surface area contributed by atoms with Crippen LogP contribution in [0.15, 0.2) is 18.2 Å². The number of carbonyl (C=O) groups is 1. The summed E-state index contributed by atoms with van der Waals surface area (Å²) >= 11 is 0. The van der Waals surface area contributed by atoms with Crippen molar-refractivity contribution in [1.82, 2.24) is 5.32 Å². The minimum atomic E-state index is -0.0394. The number of carbonyl (C=O) groups excluding carboxylic acids is 1. The second kappa shape index (κ2) is 4.56.